The van der Waals surface area contributed by atoms with Gasteiger partial charge in [-0.05, 0) is 137 Å². The third-order valence-corrected chi connectivity index (χ3v) is 13.4. The Balaban J connectivity index is 1.36. The standard InChI is InChI=1S/C34H54O5/c1-20(2)21-12-16-34(19-39-28(36)18-31(3,4)30(37)38)17-13-22-23-9-11-26-32(5,6)27(35)14-15-33(26,7)25(23)10-8-24(22)29(21)34/h21-27,29,35H,1,8-19H2,2-7H3,(H,37,38)/t21-,22-,23-,24-,25-,26-,27-,29+,33+,34+/m0/s1. The van der Waals surface area contributed by atoms with E-state index in [4.69, 9.17) is 4.74 Å². The first kappa shape index (κ1) is 29.1. The van der Waals surface area contributed by atoms with Crippen LogP contribution in [0, 0.1) is 63.1 Å². The lowest BCUT2D eigenvalue weighted by Gasteiger charge is -2.65. The Morgan fingerprint density at radius 2 is 1.59 bits per heavy atom. The maximum absolute atomic E-state index is 12.8. The minimum Gasteiger partial charge on any atom is -0.481 e. The highest BCUT2D eigenvalue weighted by Gasteiger charge is 2.64. The maximum Gasteiger partial charge on any atom is 0.309 e. The molecule has 220 valence electrons. The predicted octanol–water partition coefficient (Wildman–Crippen LogP) is 7.27. The average Bonchev–Trinajstić information content (AvgIpc) is 3.25. The summed E-state index contributed by atoms with van der Waals surface area (Å²) in [4.78, 5) is 24.4. The fraction of sp³-hybridized carbons (Fsp3) is 0.882. The molecule has 0 spiro atoms. The minimum atomic E-state index is -1.11. The lowest BCUT2D eigenvalue weighted by Crippen LogP contribution is -2.60. The van der Waals surface area contributed by atoms with E-state index in [1.165, 1.54) is 37.7 Å². The van der Waals surface area contributed by atoms with Crippen molar-refractivity contribution in [3.63, 3.8) is 0 Å². The van der Waals surface area contributed by atoms with Crippen LogP contribution in [0.2, 0.25) is 0 Å². The summed E-state index contributed by atoms with van der Waals surface area (Å²) in [6, 6.07) is 0. The quantitative estimate of drug-likeness (QED) is 0.272. The number of aliphatic carboxylic acids is 1. The van der Waals surface area contributed by atoms with Crippen LogP contribution in [0.25, 0.3) is 0 Å². The number of carboxylic acids is 1. The van der Waals surface area contributed by atoms with Crippen LogP contribution in [0.4, 0.5) is 0 Å². The molecule has 0 amide bonds. The van der Waals surface area contributed by atoms with Gasteiger partial charge in [0.2, 0.25) is 0 Å². The molecule has 5 saturated carbocycles. The van der Waals surface area contributed by atoms with Crippen molar-refractivity contribution in [3.8, 4) is 0 Å². The fourth-order valence-corrected chi connectivity index (χ4v) is 11.3. The first-order valence-electron chi connectivity index (χ1n) is 15.9. The van der Waals surface area contributed by atoms with Crippen LogP contribution in [0.1, 0.15) is 112 Å². The zero-order valence-electron chi connectivity index (χ0n) is 25.4. The van der Waals surface area contributed by atoms with Crippen LogP contribution in [0.5, 0.6) is 0 Å². The Morgan fingerprint density at radius 3 is 2.26 bits per heavy atom. The molecule has 0 radical (unpaired) electrons. The first-order chi connectivity index (χ1) is 18.1. The van der Waals surface area contributed by atoms with Crippen molar-refractivity contribution in [2.45, 2.75) is 118 Å². The van der Waals surface area contributed by atoms with Crippen molar-refractivity contribution in [1.82, 2.24) is 0 Å². The van der Waals surface area contributed by atoms with Crippen molar-refractivity contribution < 1.29 is 24.5 Å². The van der Waals surface area contributed by atoms with Crippen molar-refractivity contribution in [2.75, 3.05) is 6.61 Å². The third kappa shape index (κ3) is 4.61. The highest BCUT2D eigenvalue weighted by molar-refractivity contribution is 5.81. The number of carbonyl (C=O) groups excluding carboxylic acids is 1. The molecule has 0 aromatic carbocycles. The molecule has 5 nitrogen and oxygen atoms in total. The van der Waals surface area contributed by atoms with Gasteiger partial charge < -0.3 is 14.9 Å². The summed E-state index contributed by atoms with van der Waals surface area (Å²) in [5.41, 5.74) is 0.478. The summed E-state index contributed by atoms with van der Waals surface area (Å²) in [6.07, 6.45) is 11.4. The number of fused-ring (bicyclic) bond motifs is 7. The number of esters is 1. The van der Waals surface area contributed by atoms with E-state index in [2.05, 4.69) is 34.3 Å². The monoisotopic (exact) mass is 542 g/mol. The lowest BCUT2D eigenvalue weighted by molar-refractivity contribution is -0.187. The molecule has 5 rings (SSSR count). The molecule has 5 aliphatic rings. The molecule has 2 N–H and O–H groups in total. The molecule has 0 aromatic rings. The predicted molar refractivity (Wildman–Crippen MR) is 153 cm³/mol. The van der Waals surface area contributed by atoms with Gasteiger partial charge in [-0.25, -0.2) is 0 Å². The van der Waals surface area contributed by atoms with Crippen molar-refractivity contribution in [3.05, 3.63) is 12.2 Å². The van der Waals surface area contributed by atoms with Crippen LogP contribution in [0.3, 0.4) is 0 Å². The van der Waals surface area contributed by atoms with Gasteiger partial charge in [0.05, 0.1) is 24.5 Å². The van der Waals surface area contributed by atoms with Crippen LogP contribution in [-0.2, 0) is 14.3 Å². The van der Waals surface area contributed by atoms with E-state index in [0.717, 1.165) is 49.9 Å². The summed E-state index contributed by atoms with van der Waals surface area (Å²) < 4.78 is 5.95. The number of ether oxygens (including phenoxy) is 1. The third-order valence-electron chi connectivity index (χ3n) is 13.4. The highest BCUT2D eigenvalue weighted by Crippen LogP contribution is 2.70. The summed E-state index contributed by atoms with van der Waals surface area (Å²) >= 11 is 0. The van der Waals surface area contributed by atoms with Gasteiger partial charge in [-0.1, -0.05) is 32.9 Å². The molecule has 5 heteroatoms. The maximum atomic E-state index is 12.8. The zero-order valence-corrected chi connectivity index (χ0v) is 25.4. The number of aliphatic hydroxyl groups excluding tert-OH is 1. The van der Waals surface area contributed by atoms with E-state index in [0.29, 0.717) is 35.7 Å². The number of allylic oxidation sites excluding steroid dienone is 1. The lowest BCUT2D eigenvalue weighted by atomic mass is 9.40. The molecule has 0 bridgehead atoms. The topological polar surface area (TPSA) is 83.8 Å². The smallest absolute Gasteiger partial charge is 0.309 e. The Bertz CT molecular complexity index is 998. The number of rotatable bonds is 6. The van der Waals surface area contributed by atoms with Gasteiger partial charge in [0.1, 0.15) is 0 Å². The second-order valence-corrected chi connectivity index (χ2v) is 16.1. The van der Waals surface area contributed by atoms with E-state index < -0.39 is 11.4 Å². The van der Waals surface area contributed by atoms with Gasteiger partial charge in [-0.15, -0.1) is 0 Å². The van der Waals surface area contributed by atoms with Crippen molar-refractivity contribution in [1.29, 1.82) is 0 Å². The Kier molecular flexibility index (Phi) is 7.38. The van der Waals surface area contributed by atoms with Gasteiger partial charge in [0.25, 0.3) is 0 Å². The van der Waals surface area contributed by atoms with Crippen molar-refractivity contribution in [2.24, 2.45) is 63.1 Å². The van der Waals surface area contributed by atoms with E-state index in [1.54, 1.807) is 13.8 Å². The fourth-order valence-electron chi connectivity index (χ4n) is 11.3. The molecule has 0 heterocycles. The Hall–Kier alpha value is -1.36. The Morgan fingerprint density at radius 1 is 0.923 bits per heavy atom. The average molecular weight is 543 g/mol. The molecule has 39 heavy (non-hydrogen) atoms. The number of carbonyl (C=O) groups is 2. The van der Waals surface area contributed by atoms with E-state index >= 15 is 0 Å². The van der Waals surface area contributed by atoms with Crippen LogP contribution in [0.15, 0.2) is 12.2 Å². The molecule has 5 aliphatic carbocycles. The SMILES string of the molecule is C=C(C)[C@@H]1CC[C@]2(COC(=O)CC(C)(C)C(=O)O)CC[C@@H]3[C@H](CC[C@H]4[C@H]3CC[C@H]3C(C)(C)[C@@H](O)CC[C@]43C)[C@@H]12. The van der Waals surface area contributed by atoms with Gasteiger partial charge in [-0.2, -0.15) is 0 Å². The number of carboxylic acid groups (broad SMARTS) is 1. The second-order valence-electron chi connectivity index (χ2n) is 16.1. The molecular weight excluding hydrogens is 488 g/mol. The number of hydrogen-bond acceptors (Lipinski definition) is 4. The molecule has 0 saturated heterocycles. The van der Waals surface area contributed by atoms with E-state index in [-0.39, 0.29) is 29.3 Å². The second kappa shape index (κ2) is 9.88. The molecule has 5 fully saturated rings. The summed E-state index contributed by atoms with van der Waals surface area (Å²) in [6.45, 7) is 17.4. The molecule has 0 unspecified atom stereocenters. The highest BCUT2D eigenvalue weighted by atomic mass is 16.5. The summed E-state index contributed by atoms with van der Waals surface area (Å²) in [7, 11) is 0. The van der Waals surface area contributed by atoms with Crippen LogP contribution in [-0.4, -0.2) is 34.9 Å². The molecule has 0 aromatic heterocycles. The zero-order chi connectivity index (χ0) is 28.5. The van der Waals surface area contributed by atoms with Gasteiger partial charge >= 0.3 is 11.9 Å². The van der Waals surface area contributed by atoms with Gasteiger partial charge in [-0.3, -0.25) is 9.59 Å². The number of hydrogen-bond donors (Lipinski definition) is 2. The van der Waals surface area contributed by atoms with E-state index in [1.807, 2.05) is 0 Å². The van der Waals surface area contributed by atoms with Gasteiger partial charge in [0, 0.05) is 5.41 Å². The first-order valence-corrected chi connectivity index (χ1v) is 15.9. The summed E-state index contributed by atoms with van der Waals surface area (Å²) in [5, 5.41) is 20.4. The minimum absolute atomic E-state index is 0.00130. The molecule has 0 aliphatic heterocycles. The number of aliphatic hydroxyl groups is 1. The van der Waals surface area contributed by atoms with Crippen LogP contribution < -0.4 is 0 Å². The molecular formula is C34H54O5. The normalized spacial score (nSPS) is 44.8. The largest absolute Gasteiger partial charge is 0.481 e. The van der Waals surface area contributed by atoms with Crippen LogP contribution >= 0.6 is 0 Å². The van der Waals surface area contributed by atoms with Crippen molar-refractivity contribution >= 4 is 11.9 Å². The van der Waals surface area contributed by atoms with E-state index in [9.17, 15) is 19.8 Å². The van der Waals surface area contributed by atoms with Gasteiger partial charge in [0.15, 0.2) is 0 Å². The Labute approximate surface area is 236 Å². The molecule has 10 atom stereocenters. The summed E-state index contributed by atoms with van der Waals surface area (Å²) in [5.74, 6) is 3.14.